The third-order valence-electron chi connectivity index (χ3n) is 4.04. The van der Waals surface area contributed by atoms with Crippen LogP contribution in [0.3, 0.4) is 0 Å². The standard InChI is InChI=1S/C15H13N3O3S/c1-21-11-3-2-9(8-16-11)18-6-5-15(20)12(19)10-4-7-22-13(10)17-14(15)18/h2-4,7-8,20H,5-6H2,1H3/t15-/m1/s1. The van der Waals surface area contributed by atoms with Crippen LogP contribution in [0.25, 0.3) is 0 Å². The molecule has 0 unspecified atom stereocenters. The summed E-state index contributed by atoms with van der Waals surface area (Å²) in [6.07, 6.45) is 1.98. The van der Waals surface area contributed by atoms with Gasteiger partial charge in [-0.15, -0.1) is 11.3 Å². The second kappa shape index (κ2) is 4.62. The van der Waals surface area contributed by atoms with Gasteiger partial charge in [0.15, 0.2) is 11.4 Å². The lowest BCUT2D eigenvalue weighted by Gasteiger charge is -2.28. The summed E-state index contributed by atoms with van der Waals surface area (Å²) < 4.78 is 5.05. The highest BCUT2D eigenvalue weighted by Gasteiger charge is 2.52. The van der Waals surface area contributed by atoms with E-state index in [1.807, 2.05) is 16.3 Å². The number of pyridine rings is 1. The van der Waals surface area contributed by atoms with E-state index in [4.69, 9.17) is 4.74 Å². The molecule has 2 aromatic heterocycles. The largest absolute Gasteiger partial charge is 0.481 e. The molecule has 112 valence electrons. The number of ketones is 1. The van der Waals surface area contributed by atoms with Crippen LogP contribution in [0.5, 0.6) is 5.88 Å². The molecule has 0 aliphatic carbocycles. The number of methoxy groups -OCH3 is 1. The van der Waals surface area contributed by atoms with Crippen LogP contribution in [0.4, 0.5) is 10.7 Å². The predicted octanol–water partition coefficient (Wildman–Crippen LogP) is 2.02. The molecule has 2 aliphatic heterocycles. The van der Waals surface area contributed by atoms with Crippen LogP contribution in [0.1, 0.15) is 16.8 Å². The second-order valence-electron chi connectivity index (χ2n) is 5.22. The molecule has 0 bridgehead atoms. The van der Waals surface area contributed by atoms with Crippen molar-refractivity contribution in [2.45, 2.75) is 12.0 Å². The number of ether oxygens (including phenoxy) is 1. The normalized spacial score (nSPS) is 23.1. The van der Waals surface area contributed by atoms with E-state index < -0.39 is 5.60 Å². The van der Waals surface area contributed by atoms with E-state index in [0.717, 1.165) is 5.69 Å². The first-order valence-corrected chi connectivity index (χ1v) is 7.73. The molecule has 0 aromatic carbocycles. The molecular weight excluding hydrogens is 302 g/mol. The molecule has 1 atom stereocenters. The van der Waals surface area contributed by atoms with Crippen molar-refractivity contribution in [1.29, 1.82) is 0 Å². The highest BCUT2D eigenvalue weighted by molar-refractivity contribution is 7.14. The van der Waals surface area contributed by atoms with Gasteiger partial charge in [-0.1, -0.05) is 0 Å². The molecule has 22 heavy (non-hydrogen) atoms. The molecule has 4 rings (SSSR count). The van der Waals surface area contributed by atoms with Crippen LogP contribution >= 0.6 is 11.3 Å². The summed E-state index contributed by atoms with van der Waals surface area (Å²) >= 11 is 1.40. The third kappa shape index (κ3) is 1.72. The van der Waals surface area contributed by atoms with Crippen molar-refractivity contribution in [3.05, 3.63) is 35.3 Å². The predicted molar refractivity (Wildman–Crippen MR) is 83.4 cm³/mol. The number of rotatable bonds is 2. The number of Topliss-reactive ketones (excluding diaryl/α,β-unsaturated/α-hetero) is 1. The smallest absolute Gasteiger partial charge is 0.213 e. The Morgan fingerprint density at radius 2 is 2.27 bits per heavy atom. The summed E-state index contributed by atoms with van der Waals surface area (Å²) in [5, 5.41) is 13.3. The van der Waals surface area contributed by atoms with Crippen LogP contribution in [-0.4, -0.2) is 41.0 Å². The minimum absolute atomic E-state index is 0.266. The Kier molecular flexibility index (Phi) is 2.82. The van der Waals surface area contributed by atoms with Gasteiger partial charge in [0.25, 0.3) is 0 Å². The zero-order chi connectivity index (χ0) is 15.3. The molecule has 2 aliphatic rings. The Labute approximate surface area is 130 Å². The van der Waals surface area contributed by atoms with Gasteiger partial charge in [0.1, 0.15) is 5.00 Å². The van der Waals surface area contributed by atoms with Crippen molar-refractivity contribution in [1.82, 2.24) is 4.98 Å². The number of hydrogen-bond donors (Lipinski definition) is 1. The molecular formula is C15H13N3O3S. The summed E-state index contributed by atoms with van der Waals surface area (Å²) in [5.74, 6) is 0.637. The van der Waals surface area contributed by atoms with Gasteiger partial charge in [-0.3, -0.25) is 4.79 Å². The van der Waals surface area contributed by atoms with Gasteiger partial charge in [-0.2, -0.15) is 0 Å². The average Bonchev–Trinajstić information content (AvgIpc) is 3.14. The third-order valence-corrected chi connectivity index (χ3v) is 4.84. The van der Waals surface area contributed by atoms with Crippen LogP contribution < -0.4 is 9.64 Å². The lowest BCUT2D eigenvalue weighted by molar-refractivity contribution is 0.0603. The van der Waals surface area contributed by atoms with E-state index in [1.54, 1.807) is 25.4 Å². The van der Waals surface area contributed by atoms with Crippen LogP contribution in [0.2, 0.25) is 0 Å². The number of amidine groups is 1. The summed E-state index contributed by atoms with van der Waals surface area (Å²) in [6.45, 7) is 0.518. The molecule has 0 amide bonds. The van der Waals surface area contributed by atoms with Gasteiger partial charge >= 0.3 is 0 Å². The monoisotopic (exact) mass is 315 g/mol. The summed E-state index contributed by atoms with van der Waals surface area (Å²) in [7, 11) is 1.55. The Morgan fingerprint density at radius 3 is 3.00 bits per heavy atom. The van der Waals surface area contributed by atoms with Crippen molar-refractivity contribution < 1.29 is 14.6 Å². The van der Waals surface area contributed by atoms with Gasteiger partial charge < -0.3 is 14.7 Å². The Bertz CT molecular complexity index is 784. The number of aliphatic hydroxyl groups is 1. The van der Waals surface area contributed by atoms with E-state index in [0.29, 0.717) is 35.2 Å². The number of fused-ring (bicyclic) bond motifs is 2. The SMILES string of the molecule is COc1ccc(N2CC[C@@]3(O)C(=O)c4ccsc4N=C23)cn1. The van der Waals surface area contributed by atoms with Crippen LogP contribution in [0, 0.1) is 0 Å². The molecule has 1 N–H and O–H groups in total. The van der Waals surface area contributed by atoms with Gasteiger partial charge in [0.05, 0.1) is 24.6 Å². The number of aliphatic imine (C=N–C) groups is 1. The van der Waals surface area contributed by atoms with E-state index in [9.17, 15) is 9.90 Å². The minimum Gasteiger partial charge on any atom is -0.481 e. The van der Waals surface area contributed by atoms with Crippen molar-refractivity contribution >= 4 is 33.6 Å². The molecule has 7 heteroatoms. The number of nitrogens with zero attached hydrogens (tertiary/aromatic N) is 3. The molecule has 4 heterocycles. The summed E-state index contributed by atoms with van der Waals surface area (Å²) in [4.78, 5) is 23.1. The maximum Gasteiger partial charge on any atom is 0.213 e. The summed E-state index contributed by atoms with van der Waals surface area (Å²) in [6, 6.07) is 5.31. The first-order chi connectivity index (χ1) is 10.6. The van der Waals surface area contributed by atoms with E-state index in [-0.39, 0.29) is 5.78 Å². The fourth-order valence-electron chi connectivity index (χ4n) is 2.87. The molecule has 6 nitrogen and oxygen atoms in total. The molecule has 0 saturated carbocycles. The number of thiophene rings is 1. The van der Waals surface area contributed by atoms with Crippen molar-refractivity contribution in [2.75, 3.05) is 18.6 Å². The number of aromatic nitrogens is 1. The number of carbonyl (C=O) groups is 1. The van der Waals surface area contributed by atoms with Gasteiger partial charge in [0.2, 0.25) is 11.7 Å². The molecule has 0 spiro atoms. The number of anilines is 1. The lowest BCUT2D eigenvalue weighted by Crippen LogP contribution is -2.48. The van der Waals surface area contributed by atoms with Crippen molar-refractivity contribution in [3.8, 4) is 5.88 Å². The van der Waals surface area contributed by atoms with E-state index in [1.165, 1.54) is 11.3 Å². The average molecular weight is 315 g/mol. The summed E-state index contributed by atoms with van der Waals surface area (Å²) in [5.41, 5.74) is -0.247. The van der Waals surface area contributed by atoms with Gasteiger partial charge in [-0.05, 0) is 17.5 Å². The Morgan fingerprint density at radius 1 is 1.41 bits per heavy atom. The number of carbonyl (C=O) groups excluding carboxylic acids is 1. The Balaban J connectivity index is 1.79. The zero-order valence-electron chi connectivity index (χ0n) is 11.8. The Hall–Kier alpha value is -2.25. The quantitative estimate of drug-likeness (QED) is 0.917. The first kappa shape index (κ1) is 13.4. The lowest BCUT2D eigenvalue weighted by atomic mass is 9.90. The zero-order valence-corrected chi connectivity index (χ0v) is 12.6. The van der Waals surface area contributed by atoms with E-state index in [2.05, 4.69) is 9.98 Å². The van der Waals surface area contributed by atoms with Gasteiger partial charge in [0, 0.05) is 19.0 Å². The highest BCUT2D eigenvalue weighted by atomic mass is 32.1. The molecule has 1 saturated heterocycles. The fraction of sp³-hybridized carbons (Fsp3) is 0.267. The van der Waals surface area contributed by atoms with Gasteiger partial charge in [-0.25, -0.2) is 9.98 Å². The maximum absolute atomic E-state index is 12.6. The molecule has 2 aromatic rings. The van der Waals surface area contributed by atoms with E-state index >= 15 is 0 Å². The molecule has 1 fully saturated rings. The molecule has 0 radical (unpaired) electrons. The van der Waals surface area contributed by atoms with Crippen molar-refractivity contribution in [2.24, 2.45) is 4.99 Å². The first-order valence-electron chi connectivity index (χ1n) is 6.85. The topological polar surface area (TPSA) is 75.0 Å². The highest BCUT2D eigenvalue weighted by Crippen LogP contribution is 2.41. The minimum atomic E-state index is -1.53. The number of hydrogen-bond acceptors (Lipinski definition) is 7. The van der Waals surface area contributed by atoms with Crippen LogP contribution in [0.15, 0.2) is 34.8 Å². The fourth-order valence-corrected chi connectivity index (χ4v) is 3.63. The van der Waals surface area contributed by atoms with Crippen LogP contribution in [-0.2, 0) is 0 Å². The second-order valence-corrected chi connectivity index (χ2v) is 6.12. The van der Waals surface area contributed by atoms with Crippen molar-refractivity contribution in [3.63, 3.8) is 0 Å². The maximum atomic E-state index is 12.6.